The summed E-state index contributed by atoms with van der Waals surface area (Å²) in [5.41, 5.74) is 0.214. The van der Waals surface area contributed by atoms with Gasteiger partial charge in [-0.1, -0.05) is 12.1 Å². The molecule has 2 aromatic carbocycles. The number of hydrogen-bond acceptors (Lipinski definition) is 17. The number of carbonyl (C=O) groups excluding carboxylic acids is 1. The SMILES string of the molecule is CC(=O)c1cc(CO[C@@H]2OC[C@H](O[C@@H]3O[C@@H](CO)[C@H](O)[C@@H](O)[C@@H]3O)[C@@H](O)[C@@H]2O)c2cccc(O[C@@H]3O[C@H](C)[C@H](O)[C@@H](O)[C@H]3O)c2c1O. The number of aliphatic hydroxyl groups excluding tert-OH is 9. The summed E-state index contributed by atoms with van der Waals surface area (Å²) in [4.78, 5) is 12.5. The summed E-state index contributed by atoms with van der Waals surface area (Å²) < 4.78 is 33.5. The molecule has 3 fully saturated rings. The number of ether oxygens (including phenoxy) is 6. The lowest BCUT2D eigenvalue weighted by Gasteiger charge is -2.43. The molecule has 262 valence electrons. The van der Waals surface area contributed by atoms with Crippen molar-refractivity contribution in [2.75, 3.05) is 13.2 Å². The lowest BCUT2D eigenvalue weighted by Crippen LogP contribution is -2.62. The number of ketones is 1. The first kappa shape index (κ1) is 35.7. The summed E-state index contributed by atoms with van der Waals surface area (Å²) in [6, 6.07) is 5.94. The Bertz CT molecular complexity index is 1400. The van der Waals surface area contributed by atoms with E-state index in [9.17, 15) is 55.9 Å². The van der Waals surface area contributed by atoms with Crippen LogP contribution in [0.25, 0.3) is 10.8 Å². The minimum absolute atomic E-state index is 0.0262. The van der Waals surface area contributed by atoms with Crippen LogP contribution in [0.2, 0.25) is 0 Å². The van der Waals surface area contributed by atoms with Gasteiger partial charge in [-0.3, -0.25) is 4.79 Å². The third-order valence-electron chi connectivity index (χ3n) is 8.61. The van der Waals surface area contributed by atoms with E-state index in [1.54, 1.807) is 12.1 Å². The summed E-state index contributed by atoms with van der Waals surface area (Å²) in [5.74, 6) is -0.982. The Hall–Kier alpha value is -2.59. The molecule has 14 atom stereocenters. The predicted molar refractivity (Wildman–Crippen MR) is 154 cm³/mol. The summed E-state index contributed by atoms with van der Waals surface area (Å²) in [6.45, 7) is 1.30. The van der Waals surface area contributed by atoms with Gasteiger partial charge >= 0.3 is 0 Å². The molecule has 0 amide bonds. The number of aliphatic hydroxyl groups is 9. The van der Waals surface area contributed by atoms with Gasteiger partial charge in [0.25, 0.3) is 0 Å². The molecule has 47 heavy (non-hydrogen) atoms. The van der Waals surface area contributed by atoms with Crippen LogP contribution in [0.1, 0.15) is 29.8 Å². The number of aromatic hydroxyl groups is 1. The van der Waals surface area contributed by atoms with Crippen LogP contribution in [0, 0.1) is 0 Å². The van der Waals surface area contributed by atoms with Crippen molar-refractivity contribution in [2.24, 2.45) is 0 Å². The van der Waals surface area contributed by atoms with E-state index in [1.165, 1.54) is 26.0 Å². The largest absolute Gasteiger partial charge is 0.506 e. The number of carbonyl (C=O) groups is 1. The fourth-order valence-electron chi connectivity index (χ4n) is 5.78. The lowest BCUT2D eigenvalue weighted by molar-refractivity contribution is -0.344. The molecule has 0 aromatic heterocycles. The van der Waals surface area contributed by atoms with Crippen molar-refractivity contribution in [2.45, 2.75) is 106 Å². The highest BCUT2D eigenvalue weighted by Gasteiger charge is 2.48. The van der Waals surface area contributed by atoms with Gasteiger partial charge in [-0.15, -0.1) is 0 Å². The number of rotatable bonds is 9. The number of Topliss-reactive ketones (excluding diaryl/α,β-unsaturated/α-hetero) is 1. The fourth-order valence-corrected chi connectivity index (χ4v) is 5.78. The Morgan fingerprint density at radius 3 is 2.19 bits per heavy atom. The molecule has 0 saturated carbocycles. The standard InChI is InChI=1S/C30H40O17/c1-10(32)14-6-12(13-4-3-5-15(18(13)20(14)34)45-29-26(40)23(37)19(33)11(2)44-29)8-42-28-25(39)22(36)17(9-43-28)47-30-27(41)24(38)21(35)16(7-31)46-30/h3-6,11,16-17,19,21-31,33-41H,7-9H2,1-2H3/t11-,16+,17+,19+,21+,22-,23-,24-,25+,26-,27+,28-,29+,30+/m1/s1. The third-order valence-corrected chi connectivity index (χ3v) is 8.61. The van der Waals surface area contributed by atoms with Gasteiger partial charge in [0.2, 0.25) is 6.29 Å². The van der Waals surface area contributed by atoms with Gasteiger partial charge in [0.15, 0.2) is 18.4 Å². The second kappa shape index (κ2) is 14.5. The average molecular weight is 673 g/mol. The number of benzene rings is 2. The van der Waals surface area contributed by atoms with Gasteiger partial charge in [0.05, 0.1) is 36.9 Å². The van der Waals surface area contributed by atoms with Crippen LogP contribution in [0.5, 0.6) is 11.5 Å². The summed E-state index contributed by atoms with van der Waals surface area (Å²) in [5, 5.41) is 103. The topological polar surface area (TPSA) is 275 Å². The summed E-state index contributed by atoms with van der Waals surface area (Å²) in [6.07, 6.45) is -20.9. The zero-order valence-electron chi connectivity index (χ0n) is 25.3. The Balaban J connectivity index is 1.32. The second-order valence-corrected chi connectivity index (χ2v) is 11.8. The number of fused-ring (bicyclic) bond motifs is 1. The number of phenolic OH excluding ortho intramolecular Hbond substituents is 1. The number of phenols is 1. The predicted octanol–water partition coefficient (Wildman–Crippen LogP) is -3.27. The maximum Gasteiger partial charge on any atom is 0.229 e. The van der Waals surface area contributed by atoms with Crippen LogP contribution in [0.4, 0.5) is 0 Å². The normalized spacial score (nSPS) is 39.6. The Kier molecular flexibility index (Phi) is 11.0. The highest BCUT2D eigenvalue weighted by Crippen LogP contribution is 2.40. The van der Waals surface area contributed by atoms with Crippen molar-refractivity contribution in [3.05, 3.63) is 35.4 Å². The van der Waals surface area contributed by atoms with Crippen LogP contribution >= 0.6 is 0 Å². The minimum Gasteiger partial charge on any atom is -0.506 e. The summed E-state index contributed by atoms with van der Waals surface area (Å²) >= 11 is 0. The molecule has 2 aromatic rings. The van der Waals surface area contributed by atoms with Crippen molar-refractivity contribution in [1.82, 2.24) is 0 Å². The highest BCUT2D eigenvalue weighted by molar-refractivity contribution is 6.06. The first-order chi connectivity index (χ1) is 22.2. The van der Waals surface area contributed by atoms with Crippen molar-refractivity contribution in [1.29, 1.82) is 0 Å². The van der Waals surface area contributed by atoms with Crippen molar-refractivity contribution in [3.63, 3.8) is 0 Å². The molecule has 17 nitrogen and oxygen atoms in total. The third kappa shape index (κ3) is 6.96. The minimum atomic E-state index is -1.74. The average Bonchev–Trinajstić information content (AvgIpc) is 3.05. The monoisotopic (exact) mass is 672 g/mol. The van der Waals surface area contributed by atoms with Crippen molar-refractivity contribution in [3.8, 4) is 11.5 Å². The van der Waals surface area contributed by atoms with E-state index >= 15 is 0 Å². The first-order valence-electron chi connectivity index (χ1n) is 14.9. The molecule has 0 aliphatic carbocycles. The molecule has 0 bridgehead atoms. The van der Waals surface area contributed by atoms with E-state index in [0.717, 1.165) is 0 Å². The molecule has 5 rings (SSSR count). The quantitative estimate of drug-likeness (QED) is 0.117. The van der Waals surface area contributed by atoms with E-state index in [4.69, 9.17) is 28.4 Å². The zero-order chi connectivity index (χ0) is 34.3. The van der Waals surface area contributed by atoms with Crippen molar-refractivity contribution >= 4 is 16.6 Å². The Labute approximate surface area is 267 Å². The smallest absolute Gasteiger partial charge is 0.229 e. The maximum atomic E-state index is 12.5. The molecule has 0 spiro atoms. The van der Waals surface area contributed by atoms with E-state index in [-0.39, 0.29) is 29.9 Å². The van der Waals surface area contributed by atoms with Gasteiger partial charge in [0.1, 0.15) is 72.5 Å². The molecule has 3 aliphatic rings. The van der Waals surface area contributed by atoms with E-state index in [2.05, 4.69) is 0 Å². The molecule has 17 heteroatoms. The van der Waals surface area contributed by atoms with Crippen LogP contribution in [-0.2, 0) is 30.3 Å². The molecular weight excluding hydrogens is 632 g/mol. The highest BCUT2D eigenvalue weighted by atomic mass is 16.7. The fraction of sp³-hybridized carbons (Fsp3) is 0.633. The first-order valence-corrected chi connectivity index (χ1v) is 14.9. The Morgan fingerprint density at radius 1 is 0.851 bits per heavy atom. The number of hydrogen-bond donors (Lipinski definition) is 10. The van der Waals surface area contributed by atoms with E-state index in [0.29, 0.717) is 10.9 Å². The molecule has 10 N–H and O–H groups in total. The van der Waals surface area contributed by atoms with Crippen LogP contribution in [0.15, 0.2) is 24.3 Å². The zero-order valence-corrected chi connectivity index (χ0v) is 25.3. The van der Waals surface area contributed by atoms with Crippen LogP contribution in [0.3, 0.4) is 0 Å². The van der Waals surface area contributed by atoms with E-state index in [1.807, 2.05) is 0 Å². The molecule has 0 radical (unpaired) electrons. The van der Waals surface area contributed by atoms with Gasteiger partial charge in [-0.2, -0.15) is 0 Å². The maximum absolute atomic E-state index is 12.5. The van der Waals surface area contributed by atoms with Gasteiger partial charge < -0.3 is 79.5 Å². The van der Waals surface area contributed by atoms with Crippen LogP contribution < -0.4 is 4.74 Å². The van der Waals surface area contributed by atoms with Crippen LogP contribution in [-0.4, -0.2) is 156 Å². The molecule has 3 aliphatic heterocycles. The molecular formula is C30H40O17. The molecule has 3 heterocycles. The van der Waals surface area contributed by atoms with E-state index < -0.39 is 104 Å². The molecule has 3 saturated heterocycles. The molecule has 0 unspecified atom stereocenters. The van der Waals surface area contributed by atoms with Gasteiger partial charge in [-0.25, -0.2) is 0 Å². The van der Waals surface area contributed by atoms with Gasteiger partial charge in [-0.05, 0) is 36.9 Å². The lowest BCUT2D eigenvalue weighted by atomic mass is 9.97. The van der Waals surface area contributed by atoms with Crippen molar-refractivity contribution < 1.29 is 84.3 Å². The van der Waals surface area contributed by atoms with Gasteiger partial charge in [0, 0.05) is 0 Å². The summed E-state index contributed by atoms with van der Waals surface area (Å²) in [7, 11) is 0. The Morgan fingerprint density at radius 2 is 1.51 bits per heavy atom. The second-order valence-electron chi connectivity index (χ2n) is 11.8.